The van der Waals surface area contributed by atoms with Gasteiger partial charge >= 0.3 is 6.18 Å². The minimum Gasteiger partial charge on any atom is -0.335 e. The quantitative estimate of drug-likeness (QED) is 0.513. The number of pyridine rings is 1. The van der Waals surface area contributed by atoms with Gasteiger partial charge in [-0.2, -0.15) is 13.2 Å². The number of fused-ring (bicyclic) bond motifs is 1. The number of ketones is 1. The van der Waals surface area contributed by atoms with Gasteiger partial charge in [0.15, 0.2) is 5.78 Å². The molecule has 184 valence electrons. The number of nitrogens with one attached hydrogen (secondary N) is 1. The van der Waals surface area contributed by atoms with E-state index < -0.39 is 33.4 Å². The molecule has 1 aliphatic heterocycles. The molecule has 0 radical (unpaired) electrons. The number of aromatic nitrogens is 3. The molecule has 1 N–H and O–H groups in total. The van der Waals surface area contributed by atoms with Crippen molar-refractivity contribution < 1.29 is 31.2 Å². The first kappa shape index (κ1) is 24.6. The maximum absolute atomic E-state index is 13.0. The molecule has 0 atom stereocenters. The maximum atomic E-state index is 13.0. The zero-order valence-corrected chi connectivity index (χ0v) is 19.4. The van der Waals surface area contributed by atoms with Crippen LogP contribution in [0.15, 0.2) is 47.9 Å². The molecule has 35 heavy (non-hydrogen) atoms. The second-order valence-corrected chi connectivity index (χ2v) is 10.1. The van der Waals surface area contributed by atoms with Crippen LogP contribution in [0.25, 0.3) is 0 Å². The van der Waals surface area contributed by atoms with Crippen LogP contribution < -0.4 is 0 Å². The Bertz CT molecular complexity index is 1380. The van der Waals surface area contributed by atoms with Crippen molar-refractivity contribution in [1.29, 1.82) is 0 Å². The Balaban J connectivity index is 1.54. The van der Waals surface area contributed by atoms with E-state index in [-0.39, 0.29) is 35.3 Å². The van der Waals surface area contributed by atoms with Gasteiger partial charge in [-0.1, -0.05) is 25.1 Å². The molecule has 0 spiro atoms. The molecule has 0 bridgehead atoms. The van der Waals surface area contributed by atoms with Crippen molar-refractivity contribution in [3.63, 3.8) is 0 Å². The van der Waals surface area contributed by atoms with Crippen LogP contribution in [0.1, 0.15) is 56.6 Å². The van der Waals surface area contributed by atoms with Gasteiger partial charge in [0.05, 0.1) is 5.75 Å². The van der Waals surface area contributed by atoms with E-state index >= 15 is 0 Å². The monoisotopic (exact) mass is 506 g/mol. The van der Waals surface area contributed by atoms with Gasteiger partial charge in [0, 0.05) is 36.6 Å². The molecule has 1 aliphatic rings. The van der Waals surface area contributed by atoms with Crippen LogP contribution in [0.2, 0.25) is 0 Å². The summed E-state index contributed by atoms with van der Waals surface area (Å²) in [5.41, 5.74) is 0.680. The molecule has 0 fully saturated rings. The molecule has 3 aromatic rings. The summed E-state index contributed by atoms with van der Waals surface area (Å²) in [5.74, 6) is -0.995. The molecule has 4 rings (SSSR count). The predicted molar refractivity (Wildman–Crippen MR) is 118 cm³/mol. The summed E-state index contributed by atoms with van der Waals surface area (Å²) in [4.78, 5) is 37.3. The van der Waals surface area contributed by atoms with Gasteiger partial charge in [0.25, 0.3) is 5.91 Å². The number of H-pyrrole nitrogens is 1. The van der Waals surface area contributed by atoms with Gasteiger partial charge < -0.3 is 9.88 Å². The third-order valence-corrected chi connectivity index (χ3v) is 7.40. The number of carbonyl (C=O) groups excluding carboxylic acids is 2. The average Bonchev–Trinajstić information content (AvgIpc) is 3.33. The van der Waals surface area contributed by atoms with Gasteiger partial charge in [-0.15, -0.1) is 0 Å². The maximum Gasteiger partial charge on any atom is 0.433 e. The molecule has 0 saturated heterocycles. The highest BCUT2D eigenvalue weighted by atomic mass is 32.2. The van der Waals surface area contributed by atoms with Crippen LogP contribution in [0.4, 0.5) is 13.2 Å². The molecule has 1 aromatic carbocycles. The minimum atomic E-state index is -4.60. The Labute approximate surface area is 199 Å². The summed E-state index contributed by atoms with van der Waals surface area (Å²) in [6.45, 7) is 2.15. The summed E-state index contributed by atoms with van der Waals surface area (Å²) < 4.78 is 62.7. The smallest absolute Gasteiger partial charge is 0.335 e. The standard InChI is InChI=1S/C23H21F3N4O4S/c1-2-10-35(33,34)22-28-12-18(29-22)21(32)30-9-8-16-15(13-30)4-3-5-17(16)20(31)14-6-7-19(27-11-14)23(24,25)26/h3-7,11-12H,2,8-10,13H2,1H3,(H,28,29). The largest absolute Gasteiger partial charge is 0.433 e. The van der Waals surface area contributed by atoms with Crippen molar-refractivity contribution in [2.45, 2.75) is 37.6 Å². The normalized spacial score (nSPS) is 14.0. The van der Waals surface area contributed by atoms with Gasteiger partial charge in [-0.25, -0.2) is 13.4 Å². The van der Waals surface area contributed by atoms with Crippen LogP contribution >= 0.6 is 0 Å². The number of halogens is 3. The first-order valence-electron chi connectivity index (χ1n) is 10.8. The Kier molecular flexibility index (Phi) is 6.50. The number of benzene rings is 1. The van der Waals surface area contributed by atoms with E-state index in [1.807, 2.05) is 0 Å². The number of nitrogens with zero attached hydrogens (tertiary/aromatic N) is 3. The molecule has 3 heterocycles. The van der Waals surface area contributed by atoms with E-state index in [1.165, 1.54) is 11.1 Å². The van der Waals surface area contributed by atoms with Crippen LogP contribution in [0.5, 0.6) is 0 Å². The summed E-state index contributed by atoms with van der Waals surface area (Å²) in [6, 6.07) is 6.86. The van der Waals surface area contributed by atoms with Gasteiger partial charge in [-0.05, 0) is 36.1 Å². The fraction of sp³-hybridized carbons (Fsp3) is 0.304. The first-order valence-corrected chi connectivity index (χ1v) is 12.4. The Morgan fingerprint density at radius 2 is 1.94 bits per heavy atom. The number of rotatable bonds is 6. The number of sulfone groups is 1. The fourth-order valence-electron chi connectivity index (χ4n) is 3.95. The summed E-state index contributed by atoms with van der Waals surface area (Å²) >= 11 is 0. The topological polar surface area (TPSA) is 113 Å². The summed E-state index contributed by atoms with van der Waals surface area (Å²) in [5, 5.41) is -0.252. The number of hydrogen-bond acceptors (Lipinski definition) is 6. The predicted octanol–water partition coefficient (Wildman–Crippen LogP) is 3.44. The van der Waals surface area contributed by atoms with Crippen molar-refractivity contribution in [1.82, 2.24) is 19.9 Å². The molecular weight excluding hydrogens is 485 g/mol. The van der Waals surface area contributed by atoms with Gasteiger partial charge in [0.1, 0.15) is 11.4 Å². The highest BCUT2D eigenvalue weighted by molar-refractivity contribution is 7.91. The molecule has 0 saturated carbocycles. The highest BCUT2D eigenvalue weighted by Crippen LogP contribution is 2.29. The molecular formula is C23H21F3N4O4S. The highest BCUT2D eigenvalue weighted by Gasteiger charge is 2.33. The van der Waals surface area contributed by atoms with E-state index in [2.05, 4.69) is 15.0 Å². The van der Waals surface area contributed by atoms with Gasteiger partial charge in [-0.3, -0.25) is 14.6 Å². The van der Waals surface area contributed by atoms with Crippen molar-refractivity contribution >= 4 is 21.5 Å². The van der Waals surface area contributed by atoms with Crippen molar-refractivity contribution in [2.24, 2.45) is 0 Å². The van der Waals surface area contributed by atoms with Crippen LogP contribution in [-0.2, 0) is 29.0 Å². The van der Waals surface area contributed by atoms with E-state index in [1.54, 1.807) is 25.1 Å². The van der Waals surface area contributed by atoms with E-state index in [0.29, 0.717) is 29.5 Å². The Morgan fingerprint density at radius 1 is 1.17 bits per heavy atom. The summed E-state index contributed by atoms with van der Waals surface area (Å²) in [6.07, 6.45) is -1.68. The third kappa shape index (κ3) is 4.97. The van der Waals surface area contributed by atoms with Crippen molar-refractivity contribution in [2.75, 3.05) is 12.3 Å². The van der Waals surface area contributed by atoms with Crippen LogP contribution in [-0.4, -0.2) is 52.3 Å². The lowest BCUT2D eigenvalue weighted by molar-refractivity contribution is -0.141. The van der Waals surface area contributed by atoms with Gasteiger partial charge in [0.2, 0.25) is 15.0 Å². The lowest BCUT2D eigenvalue weighted by atomic mass is 9.90. The van der Waals surface area contributed by atoms with Crippen molar-refractivity contribution in [3.8, 4) is 0 Å². The zero-order chi connectivity index (χ0) is 25.4. The number of hydrogen-bond donors (Lipinski definition) is 1. The third-order valence-electron chi connectivity index (χ3n) is 5.65. The lowest BCUT2D eigenvalue weighted by Gasteiger charge is -2.29. The second-order valence-electron chi connectivity index (χ2n) is 8.09. The van der Waals surface area contributed by atoms with E-state index in [0.717, 1.165) is 18.3 Å². The minimum absolute atomic E-state index is 0.0220. The molecule has 8 nitrogen and oxygen atoms in total. The van der Waals surface area contributed by atoms with Crippen molar-refractivity contribution in [3.05, 3.63) is 76.4 Å². The van der Waals surface area contributed by atoms with E-state index in [9.17, 15) is 31.2 Å². The number of amides is 1. The summed E-state index contributed by atoms with van der Waals surface area (Å²) in [7, 11) is -3.60. The lowest BCUT2D eigenvalue weighted by Crippen LogP contribution is -2.36. The fourth-order valence-corrected chi connectivity index (χ4v) is 5.15. The average molecular weight is 507 g/mol. The van der Waals surface area contributed by atoms with Crippen LogP contribution in [0, 0.1) is 0 Å². The molecule has 0 aliphatic carbocycles. The first-order chi connectivity index (χ1) is 16.5. The number of imidazole rings is 1. The molecule has 12 heteroatoms. The number of carbonyl (C=O) groups is 2. The van der Waals surface area contributed by atoms with Crippen LogP contribution in [0.3, 0.4) is 0 Å². The number of aromatic amines is 1. The number of alkyl halides is 3. The molecule has 0 unspecified atom stereocenters. The zero-order valence-electron chi connectivity index (χ0n) is 18.6. The Hall–Kier alpha value is -3.54. The SMILES string of the molecule is CCCS(=O)(=O)c1nc(C(=O)N2CCc3c(cccc3C(=O)c3ccc(C(F)(F)F)nc3)C2)c[nH]1. The molecule has 1 amide bonds. The molecule has 2 aromatic heterocycles. The van der Waals surface area contributed by atoms with E-state index in [4.69, 9.17) is 0 Å². The Morgan fingerprint density at radius 3 is 2.60 bits per heavy atom. The second kappa shape index (κ2) is 9.25.